The van der Waals surface area contributed by atoms with Crippen LogP contribution < -0.4 is 0 Å². The fourth-order valence-corrected chi connectivity index (χ4v) is 3.90. The molecule has 0 heteroatoms. The van der Waals surface area contributed by atoms with E-state index in [-0.39, 0.29) is 0 Å². The van der Waals surface area contributed by atoms with Crippen molar-refractivity contribution < 1.29 is 0 Å². The summed E-state index contributed by atoms with van der Waals surface area (Å²) in [7, 11) is 0. The number of allylic oxidation sites excluding steroid dienone is 2. The maximum Gasteiger partial charge on any atom is -0.0351 e. The maximum atomic E-state index is 2.41. The van der Waals surface area contributed by atoms with Gasteiger partial charge in [0, 0.05) is 0 Å². The van der Waals surface area contributed by atoms with E-state index in [1.54, 1.807) is 0 Å². The molecule has 0 aromatic carbocycles. The van der Waals surface area contributed by atoms with E-state index < -0.39 is 0 Å². The molecule has 0 aromatic heterocycles. The zero-order valence-corrected chi connectivity index (χ0v) is 19.4. The van der Waals surface area contributed by atoms with Crippen LogP contribution in [0.1, 0.15) is 162 Å². The summed E-state index contributed by atoms with van der Waals surface area (Å²) in [6.07, 6.45) is 37.9. The summed E-state index contributed by atoms with van der Waals surface area (Å²) in [6.45, 7) is 4.57. The second kappa shape index (κ2) is 25.7. The summed E-state index contributed by atoms with van der Waals surface area (Å²) in [5.41, 5.74) is 0. The van der Waals surface area contributed by atoms with Crippen LogP contribution in [0.2, 0.25) is 0 Å². The Kier molecular flexibility index (Phi) is 25.5. The molecule has 0 aliphatic rings. The van der Waals surface area contributed by atoms with Crippen molar-refractivity contribution in [2.75, 3.05) is 0 Å². The summed E-state index contributed by atoms with van der Waals surface area (Å²) in [6, 6.07) is 0. The van der Waals surface area contributed by atoms with Gasteiger partial charge in [-0.3, -0.25) is 0 Å². The van der Waals surface area contributed by atoms with Gasteiger partial charge in [0.2, 0.25) is 0 Å². The van der Waals surface area contributed by atoms with Crippen LogP contribution in [0.4, 0.5) is 0 Å². The molecule has 0 aromatic rings. The van der Waals surface area contributed by atoms with Gasteiger partial charge in [-0.15, -0.1) is 0 Å². The Morgan fingerprint density at radius 3 is 0.889 bits per heavy atom. The lowest BCUT2D eigenvalue weighted by Gasteiger charge is -2.03. The normalized spacial score (nSPS) is 11.6. The average Bonchev–Trinajstić information content (AvgIpc) is 2.68. The topological polar surface area (TPSA) is 0 Å². The molecular weight excluding hydrogens is 324 g/mol. The van der Waals surface area contributed by atoms with Crippen LogP contribution >= 0.6 is 0 Å². The van der Waals surface area contributed by atoms with Crippen LogP contribution in [0.15, 0.2) is 12.2 Å². The molecule has 0 N–H and O–H groups in total. The number of hydrogen-bond donors (Lipinski definition) is 0. The number of hydrogen-bond acceptors (Lipinski definition) is 0. The van der Waals surface area contributed by atoms with Gasteiger partial charge in [-0.1, -0.05) is 154 Å². The van der Waals surface area contributed by atoms with Crippen molar-refractivity contribution in [3.63, 3.8) is 0 Å². The van der Waals surface area contributed by atoms with Gasteiger partial charge >= 0.3 is 0 Å². The molecule has 0 amide bonds. The van der Waals surface area contributed by atoms with Crippen LogP contribution in [0.5, 0.6) is 0 Å². The first-order chi connectivity index (χ1) is 13.4. The molecule has 0 fully saturated rings. The average molecular weight is 379 g/mol. The molecule has 0 atom stereocenters. The van der Waals surface area contributed by atoms with Crippen molar-refractivity contribution >= 4 is 0 Å². The molecule has 0 nitrogen and oxygen atoms in total. The van der Waals surface area contributed by atoms with E-state index in [0.29, 0.717) is 0 Å². The summed E-state index contributed by atoms with van der Waals surface area (Å²) in [5.74, 6) is 0. The molecule has 0 unspecified atom stereocenters. The zero-order valence-electron chi connectivity index (χ0n) is 19.4. The van der Waals surface area contributed by atoms with Crippen LogP contribution in [-0.4, -0.2) is 0 Å². The molecule has 0 heterocycles. The lowest BCUT2D eigenvalue weighted by atomic mass is 10.0. The summed E-state index contributed by atoms with van der Waals surface area (Å²) < 4.78 is 0. The van der Waals surface area contributed by atoms with E-state index in [0.717, 1.165) is 0 Å². The van der Waals surface area contributed by atoms with Crippen LogP contribution in [0.3, 0.4) is 0 Å². The summed E-state index contributed by atoms with van der Waals surface area (Å²) in [4.78, 5) is 0. The third kappa shape index (κ3) is 25.7. The molecule has 0 rings (SSSR count). The Hall–Kier alpha value is -0.260. The minimum atomic E-state index is 1.29. The van der Waals surface area contributed by atoms with Gasteiger partial charge in [-0.25, -0.2) is 0 Å². The lowest BCUT2D eigenvalue weighted by molar-refractivity contribution is 0.523. The van der Waals surface area contributed by atoms with E-state index in [1.165, 1.54) is 148 Å². The Bertz CT molecular complexity index is 265. The van der Waals surface area contributed by atoms with Gasteiger partial charge in [0.1, 0.15) is 0 Å². The number of unbranched alkanes of at least 4 members (excludes halogenated alkanes) is 21. The molecule has 0 spiro atoms. The van der Waals surface area contributed by atoms with Gasteiger partial charge in [-0.2, -0.15) is 0 Å². The van der Waals surface area contributed by atoms with Crippen molar-refractivity contribution in [1.29, 1.82) is 0 Å². The quantitative estimate of drug-likeness (QED) is 0.122. The highest BCUT2D eigenvalue weighted by molar-refractivity contribution is 4.81. The van der Waals surface area contributed by atoms with Crippen molar-refractivity contribution in [2.45, 2.75) is 162 Å². The lowest BCUT2D eigenvalue weighted by Crippen LogP contribution is -1.84. The highest BCUT2D eigenvalue weighted by Gasteiger charge is 1.95. The van der Waals surface area contributed by atoms with Gasteiger partial charge in [0.15, 0.2) is 0 Å². The van der Waals surface area contributed by atoms with E-state index in [4.69, 9.17) is 0 Å². The third-order valence-corrected chi connectivity index (χ3v) is 5.87. The monoisotopic (exact) mass is 378 g/mol. The van der Waals surface area contributed by atoms with E-state index in [9.17, 15) is 0 Å². The predicted octanol–water partition coefficient (Wildman–Crippen LogP) is 10.6. The van der Waals surface area contributed by atoms with Crippen molar-refractivity contribution in [2.24, 2.45) is 0 Å². The first kappa shape index (κ1) is 26.7. The Morgan fingerprint density at radius 1 is 0.296 bits per heavy atom. The molecule has 0 aliphatic heterocycles. The highest BCUT2D eigenvalue weighted by Crippen LogP contribution is 2.14. The Labute approximate surface area is 174 Å². The molecular formula is C27H54. The fraction of sp³-hybridized carbons (Fsp3) is 0.926. The van der Waals surface area contributed by atoms with Crippen LogP contribution in [0.25, 0.3) is 0 Å². The predicted molar refractivity (Wildman–Crippen MR) is 127 cm³/mol. The van der Waals surface area contributed by atoms with Crippen molar-refractivity contribution in [3.05, 3.63) is 12.2 Å². The smallest absolute Gasteiger partial charge is 0.0351 e. The van der Waals surface area contributed by atoms with E-state index in [1.807, 2.05) is 0 Å². The van der Waals surface area contributed by atoms with E-state index in [2.05, 4.69) is 26.0 Å². The molecule has 162 valence electrons. The number of rotatable bonds is 23. The Morgan fingerprint density at radius 2 is 0.556 bits per heavy atom. The van der Waals surface area contributed by atoms with Gasteiger partial charge < -0.3 is 0 Å². The van der Waals surface area contributed by atoms with Crippen LogP contribution in [-0.2, 0) is 0 Å². The Balaban J connectivity index is 3.00. The SMILES string of the molecule is CCCC/C=C\CCCCCCCCCCCCCCCCCCCCC. The van der Waals surface area contributed by atoms with E-state index >= 15 is 0 Å². The highest BCUT2D eigenvalue weighted by atomic mass is 14.0. The summed E-state index contributed by atoms with van der Waals surface area (Å²) in [5, 5.41) is 0. The van der Waals surface area contributed by atoms with Gasteiger partial charge in [0.25, 0.3) is 0 Å². The minimum Gasteiger partial charge on any atom is -0.0885 e. The van der Waals surface area contributed by atoms with Crippen molar-refractivity contribution in [3.8, 4) is 0 Å². The van der Waals surface area contributed by atoms with Gasteiger partial charge in [0.05, 0.1) is 0 Å². The molecule has 0 saturated carbocycles. The van der Waals surface area contributed by atoms with Crippen LogP contribution in [0, 0.1) is 0 Å². The minimum absolute atomic E-state index is 1.29. The zero-order chi connectivity index (χ0) is 19.7. The van der Waals surface area contributed by atoms with Gasteiger partial charge in [-0.05, 0) is 19.3 Å². The summed E-state index contributed by atoms with van der Waals surface area (Å²) >= 11 is 0. The molecule has 27 heavy (non-hydrogen) atoms. The van der Waals surface area contributed by atoms with Crippen molar-refractivity contribution in [1.82, 2.24) is 0 Å². The second-order valence-corrected chi connectivity index (χ2v) is 8.77. The third-order valence-electron chi connectivity index (χ3n) is 5.87. The maximum absolute atomic E-state index is 2.41. The standard InChI is InChI=1S/C27H54/c1-3-5-7-9-11-13-15-17-19-21-23-25-27-26-24-22-20-18-16-14-12-10-8-6-4-2/h9,11H,3-8,10,12-27H2,1-2H3/b11-9-. The first-order valence-electron chi connectivity index (χ1n) is 13.1. The molecule has 0 saturated heterocycles. The first-order valence-corrected chi connectivity index (χ1v) is 13.1. The molecule has 0 radical (unpaired) electrons. The molecule has 0 bridgehead atoms. The second-order valence-electron chi connectivity index (χ2n) is 8.77. The fourth-order valence-electron chi connectivity index (χ4n) is 3.90. The largest absolute Gasteiger partial charge is 0.0885 e. The molecule has 0 aliphatic carbocycles.